The number of aromatic nitrogens is 4. The van der Waals surface area contributed by atoms with E-state index in [2.05, 4.69) is 26.8 Å². The Labute approximate surface area is 179 Å². The third kappa shape index (κ3) is 3.56. The van der Waals surface area contributed by atoms with Gasteiger partial charge in [-0.05, 0) is 30.5 Å². The molecule has 3 aromatic heterocycles. The molecular weight excluding hydrogens is 441 g/mol. The van der Waals surface area contributed by atoms with Gasteiger partial charge in [0.25, 0.3) is 0 Å². The van der Waals surface area contributed by atoms with Crippen LogP contribution in [0.4, 0.5) is 5.82 Å². The number of aryl methyl sites for hydroxylation is 1. The van der Waals surface area contributed by atoms with Gasteiger partial charge in [0.15, 0.2) is 15.2 Å². The number of carboxylic acid groups (broad SMARTS) is 1. The predicted octanol–water partition coefficient (Wildman–Crippen LogP) is 4.98. The zero-order chi connectivity index (χ0) is 20.0. The average Bonchev–Trinajstić information content (AvgIpc) is 3.32. The molecule has 0 amide bonds. The lowest BCUT2D eigenvalue weighted by molar-refractivity contribution is 0.0691. The maximum absolute atomic E-state index is 11.2. The number of nitrogens with one attached hydrogen (secondary N) is 1. The fraction of sp³-hybridized carbons (Fsp3) is 0.412. The first-order valence-corrected chi connectivity index (χ1v) is 11.2. The van der Waals surface area contributed by atoms with Crippen molar-refractivity contribution in [3.05, 3.63) is 20.7 Å². The van der Waals surface area contributed by atoms with Crippen LogP contribution in [0.25, 0.3) is 11.0 Å². The summed E-state index contributed by atoms with van der Waals surface area (Å²) in [6, 6.07) is 0. The van der Waals surface area contributed by atoms with Gasteiger partial charge in [0.05, 0.1) is 10.4 Å². The van der Waals surface area contributed by atoms with E-state index in [4.69, 9.17) is 33.3 Å². The third-order valence-electron chi connectivity index (χ3n) is 4.65. The molecule has 1 atom stereocenters. The van der Waals surface area contributed by atoms with Gasteiger partial charge in [-0.3, -0.25) is 0 Å². The molecule has 0 aliphatic carbocycles. The lowest BCUT2D eigenvalue weighted by Gasteiger charge is -2.18. The SMILES string of the molecule is CCc1[nH]c2nc(Sc3nc(C(=O)O)c(Cl)s3)nc(N3CCC(C)C3)c2c1Cl. The van der Waals surface area contributed by atoms with Crippen LogP contribution in [-0.2, 0) is 6.42 Å². The Morgan fingerprint density at radius 1 is 1.39 bits per heavy atom. The van der Waals surface area contributed by atoms with Gasteiger partial charge in [-0.2, -0.15) is 0 Å². The normalized spacial score (nSPS) is 17.0. The highest BCUT2D eigenvalue weighted by Gasteiger charge is 2.26. The number of H-pyrrole nitrogens is 1. The van der Waals surface area contributed by atoms with Gasteiger partial charge in [-0.25, -0.2) is 19.7 Å². The summed E-state index contributed by atoms with van der Waals surface area (Å²) in [5, 5.41) is 11.1. The first-order valence-electron chi connectivity index (χ1n) is 8.77. The summed E-state index contributed by atoms with van der Waals surface area (Å²) >= 11 is 14.9. The number of hydrogen-bond donors (Lipinski definition) is 2. The van der Waals surface area contributed by atoms with E-state index in [0.717, 1.165) is 54.2 Å². The first kappa shape index (κ1) is 19.8. The van der Waals surface area contributed by atoms with Crippen molar-refractivity contribution in [2.45, 2.75) is 36.2 Å². The van der Waals surface area contributed by atoms with E-state index in [-0.39, 0.29) is 10.0 Å². The van der Waals surface area contributed by atoms with Crippen LogP contribution in [0.3, 0.4) is 0 Å². The number of halogens is 2. The zero-order valence-electron chi connectivity index (χ0n) is 15.1. The Kier molecular flexibility index (Phi) is 5.43. The molecule has 2 N–H and O–H groups in total. The lowest BCUT2D eigenvalue weighted by atomic mass is 10.2. The summed E-state index contributed by atoms with van der Waals surface area (Å²) in [5.41, 5.74) is 1.45. The Bertz CT molecular complexity index is 1070. The zero-order valence-corrected chi connectivity index (χ0v) is 18.3. The first-order chi connectivity index (χ1) is 13.4. The monoisotopic (exact) mass is 457 g/mol. The average molecular weight is 458 g/mol. The van der Waals surface area contributed by atoms with Crippen LogP contribution >= 0.6 is 46.3 Å². The number of rotatable bonds is 5. The van der Waals surface area contributed by atoms with Gasteiger partial charge < -0.3 is 15.0 Å². The Morgan fingerprint density at radius 2 is 2.18 bits per heavy atom. The topological polar surface area (TPSA) is 95.0 Å². The molecule has 1 saturated heterocycles. The number of aromatic amines is 1. The van der Waals surface area contributed by atoms with Crippen molar-refractivity contribution < 1.29 is 9.90 Å². The number of aromatic carboxylic acids is 1. The molecule has 0 spiro atoms. The van der Waals surface area contributed by atoms with Crippen LogP contribution in [0.1, 0.15) is 36.5 Å². The predicted molar refractivity (Wildman–Crippen MR) is 112 cm³/mol. The van der Waals surface area contributed by atoms with Crippen molar-refractivity contribution in [2.75, 3.05) is 18.0 Å². The van der Waals surface area contributed by atoms with Crippen molar-refractivity contribution >= 4 is 69.1 Å². The summed E-state index contributed by atoms with van der Waals surface area (Å²) in [4.78, 5) is 30.1. The molecular formula is C17H17Cl2N5O2S2. The highest BCUT2D eigenvalue weighted by molar-refractivity contribution is 8.00. The van der Waals surface area contributed by atoms with E-state index in [1.54, 1.807) is 0 Å². The summed E-state index contributed by atoms with van der Waals surface area (Å²) in [7, 11) is 0. The third-order valence-corrected chi connectivity index (χ3v) is 7.24. The van der Waals surface area contributed by atoms with Crippen molar-refractivity contribution in [1.82, 2.24) is 19.9 Å². The van der Waals surface area contributed by atoms with Crippen LogP contribution in [0.15, 0.2) is 9.50 Å². The minimum atomic E-state index is -1.15. The van der Waals surface area contributed by atoms with Crippen LogP contribution < -0.4 is 4.90 Å². The minimum absolute atomic E-state index is 0.140. The number of anilines is 1. The standard InChI is InChI=1S/C17H17Cl2N5O2S2/c1-3-8-10(18)9-13(20-8)22-16(23-14(9)24-5-4-7(2)6-24)28-17-21-11(15(25)26)12(19)27-17/h7H,3-6H2,1-2H3,(H,25,26)(H,20,22,23). The molecule has 148 valence electrons. The van der Waals surface area contributed by atoms with Gasteiger partial charge in [0.1, 0.15) is 15.8 Å². The van der Waals surface area contributed by atoms with Crippen molar-refractivity contribution in [3.63, 3.8) is 0 Å². The minimum Gasteiger partial charge on any atom is -0.476 e. The number of fused-ring (bicyclic) bond motifs is 1. The molecule has 3 aromatic rings. The van der Waals surface area contributed by atoms with E-state index in [1.807, 2.05) is 6.92 Å². The van der Waals surface area contributed by atoms with Gasteiger partial charge in [-0.1, -0.05) is 48.4 Å². The molecule has 0 radical (unpaired) electrons. The fourth-order valence-electron chi connectivity index (χ4n) is 3.25. The molecule has 4 rings (SSSR count). The highest BCUT2D eigenvalue weighted by Crippen LogP contribution is 2.39. The Balaban J connectivity index is 1.79. The van der Waals surface area contributed by atoms with Crippen molar-refractivity contribution in [3.8, 4) is 0 Å². The summed E-state index contributed by atoms with van der Waals surface area (Å²) in [6.45, 7) is 6.07. The Morgan fingerprint density at radius 3 is 2.79 bits per heavy atom. The highest BCUT2D eigenvalue weighted by atomic mass is 35.5. The fourth-order valence-corrected chi connectivity index (χ4v) is 5.81. The van der Waals surface area contributed by atoms with Crippen molar-refractivity contribution in [2.24, 2.45) is 5.92 Å². The largest absolute Gasteiger partial charge is 0.476 e. The van der Waals surface area contributed by atoms with E-state index in [1.165, 1.54) is 11.8 Å². The second-order valence-corrected chi connectivity index (χ2v) is 9.87. The van der Waals surface area contributed by atoms with E-state index in [9.17, 15) is 4.79 Å². The molecule has 1 aliphatic heterocycles. The summed E-state index contributed by atoms with van der Waals surface area (Å²) in [5.74, 6) is 0.235. The maximum atomic E-state index is 11.2. The van der Waals surface area contributed by atoms with Crippen LogP contribution in [0.5, 0.6) is 0 Å². The maximum Gasteiger partial charge on any atom is 0.357 e. The number of carboxylic acids is 1. The molecule has 11 heteroatoms. The van der Waals surface area contributed by atoms with Gasteiger partial charge in [0, 0.05) is 18.8 Å². The lowest BCUT2D eigenvalue weighted by Crippen LogP contribution is -2.21. The number of hydrogen-bond acceptors (Lipinski definition) is 7. The van der Waals surface area contributed by atoms with Crippen molar-refractivity contribution in [1.29, 1.82) is 0 Å². The number of thiazole rings is 1. The summed E-state index contributed by atoms with van der Waals surface area (Å²) < 4.78 is 0.622. The quantitative estimate of drug-likeness (QED) is 0.521. The molecule has 7 nitrogen and oxygen atoms in total. The molecule has 0 aromatic carbocycles. The summed E-state index contributed by atoms with van der Waals surface area (Å²) in [6.07, 6.45) is 1.86. The smallest absolute Gasteiger partial charge is 0.357 e. The Hall–Kier alpha value is -1.55. The molecule has 0 saturated carbocycles. The molecule has 1 unspecified atom stereocenters. The molecule has 0 bridgehead atoms. The molecule has 1 aliphatic rings. The van der Waals surface area contributed by atoms with Crippen LogP contribution in [-0.4, -0.2) is 44.1 Å². The molecule has 4 heterocycles. The van der Waals surface area contributed by atoms with Gasteiger partial charge >= 0.3 is 5.97 Å². The van der Waals surface area contributed by atoms with Gasteiger partial charge in [0.2, 0.25) is 0 Å². The van der Waals surface area contributed by atoms with Gasteiger partial charge in [-0.15, -0.1) is 0 Å². The number of nitrogens with zero attached hydrogens (tertiary/aromatic N) is 4. The van der Waals surface area contributed by atoms with Crippen LogP contribution in [0.2, 0.25) is 9.36 Å². The van der Waals surface area contributed by atoms with E-state index < -0.39 is 5.97 Å². The molecule has 1 fully saturated rings. The number of carbonyl (C=O) groups is 1. The second kappa shape index (κ2) is 7.70. The van der Waals surface area contributed by atoms with E-state index >= 15 is 0 Å². The van der Waals surface area contributed by atoms with Crippen LogP contribution in [0, 0.1) is 5.92 Å². The molecule has 28 heavy (non-hydrogen) atoms. The van der Waals surface area contributed by atoms with E-state index in [0.29, 0.717) is 26.1 Å². The second-order valence-electron chi connectivity index (χ2n) is 6.67.